The van der Waals surface area contributed by atoms with Gasteiger partial charge in [-0.2, -0.15) is 0 Å². The number of ether oxygens (including phenoxy) is 6. The van der Waals surface area contributed by atoms with Crippen LogP contribution >= 0.6 is 0 Å². The molecule has 2 aromatic carbocycles. The Balaban J connectivity index is 1.75. The summed E-state index contributed by atoms with van der Waals surface area (Å²) in [7, 11) is 0. The minimum Gasteiger partial charge on any atom is -0.491 e. The first-order valence-corrected chi connectivity index (χ1v) is 14.8. The fraction of sp³-hybridized carbons (Fsp3) is 0.429. The zero-order chi connectivity index (χ0) is 34.7. The number of aliphatic hydroxyl groups is 2. The van der Waals surface area contributed by atoms with Crippen molar-refractivity contribution in [3.05, 3.63) is 59.7 Å². The first kappa shape index (κ1) is 38.1. The van der Waals surface area contributed by atoms with Gasteiger partial charge in [-0.1, -0.05) is 50.0 Å². The molecule has 0 heterocycles. The lowest BCUT2D eigenvalue weighted by Gasteiger charge is -2.26. The third-order valence-electron chi connectivity index (χ3n) is 6.61. The number of hydrogen-bond donors (Lipinski definition) is 2. The predicted octanol–water partition coefficient (Wildman–Crippen LogP) is 2.49. The van der Waals surface area contributed by atoms with E-state index < -0.39 is 36.1 Å². The van der Waals surface area contributed by atoms with Crippen molar-refractivity contribution in [2.24, 2.45) is 0 Å². The number of carbonyl (C=O) groups excluding carboxylic acids is 4. The molecule has 2 unspecified atom stereocenters. The Morgan fingerprint density at radius 2 is 0.915 bits per heavy atom. The van der Waals surface area contributed by atoms with Gasteiger partial charge in [-0.25, -0.2) is 0 Å². The molecule has 47 heavy (non-hydrogen) atoms. The van der Waals surface area contributed by atoms with Gasteiger partial charge in [-0.15, -0.1) is 12.8 Å². The van der Waals surface area contributed by atoms with E-state index >= 15 is 0 Å². The highest BCUT2D eigenvalue weighted by Gasteiger charge is 2.23. The lowest BCUT2D eigenvalue weighted by Crippen LogP contribution is -2.25. The molecule has 12 nitrogen and oxygen atoms in total. The van der Waals surface area contributed by atoms with Gasteiger partial charge in [0.05, 0.1) is 25.7 Å². The fourth-order valence-corrected chi connectivity index (χ4v) is 3.90. The lowest BCUT2D eigenvalue weighted by molar-refractivity contribution is -0.151. The van der Waals surface area contributed by atoms with Crippen molar-refractivity contribution in [3.63, 3.8) is 0 Å². The molecule has 0 aromatic heterocycles. The van der Waals surface area contributed by atoms with E-state index in [1.807, 2.05) is 24.3 Å². The largest absolute Gasteiger partial charge is 0.491 e. The van der Waals surface area contributed by atoms with E-state index in [2.05, 4.69) is 35.2 Å². The molecule has 2 N–H and O–H groups in total. The normalized spacial score (nSPS) is 12.0. The van der Waals surface area contributed by atoms with Crippen LogP contribution in [0.5, 0.6) is 11.5 Å². The molecule has 0 fully saturated rings. The highest BCUT2D eigenvalue weighted by Crippen LogP contribution is 2.33. The van der Waals surface area contributed by atoms with Gasteiger partial charge in [0.25, 0.3) is 0 Å². The van der Waals surface area contributed by atoms with Crippen molar-refractivity contribution in [2.45, 2.75) is 57.2 Å². The number of hydrogen-bond acceptors (Lipinski definition) is 12. The molecule has 2 rings (SSSR count). The number of terminal acetylenes is 2. The maximum atomic E-state index is 11.8. The molecule has 0 aliphatic carbocycles. The van der Waals surface area contributed by atoms with Crippen LogP contribution < -0.4 is 9.47 Å². The summed E-state index contributed by atoms with van der Waals surface area (Å²) >= 11 is 0. The highest BCUT2D eigenvalue weighted by molar-refractivity contribution is 5.78. The fourth-order valence-electron chi connectivity index (χ4n) is 3.90. The second-order valence-corrected chi connectivity index (χ2v) is 10.7. The molecule has 0 aliphatic rings. The molecule has 0 spiro atoms. The molecule has 0 saturated heterocycles. The van der Waals surface area contributed by atoms with Crippen LogP contribution in [0.2, 0.25) is 0 Å². The second-order valence-electron chi connectivity index (χ2n) is 10.7. The van der Waals surface area contributed by atoms with E-state index in [1.165, 1.54) is 0 Å². The Kier molecular flexibility index (Phi) is 16.4. The summed E-state index contributed by atoms with van der Waals surface area (Å²) in [6.07, 6.45) is 7.14. The summed E-state index contributed by atoms with van der Waals surface area (Å²) < 4.78 is 30.5. The van der Waals surface area contributed by atoms with E-state index in [9.17, 15) is 29.4 Å². The van der Waals surface area contributed by atoms with Crippen LogP contribution in [0.3, 0.4) is 0 Å². The Morgan fingerprint density at radius 1 is 0.596 bits per heavy atom. The van der Waals surface area contributed by atoms with E-state index in [1.54, 1.807) is 24.3 Å². The Hall–Kier alpha value is -5.04. The van der Waals surface area contributed by atoms with Crippen LogP contribution in [0, 0.1) is 24.7 Å². The van der Waals surface area contributed by atoms with Crippen LogP contribution in [0.25, 0.3) is 0 Å². The summed E-state index contributed by atoms with van der Waals surface area (Å²) in [5.41, 5.74) is 1.60. The van der Waals surface area contributed by atoms with Gasteiger partial charge in [0, 0.05) is 5.41 Å². The average molecular weight is 653 g/mol. The van der Waals surface area contributed by atoms with Gasteiger partial charge >= 0.3 is 23.9 Å². The Labute approximate surface area is 274 Å². The van der Waals surface area contributed by atoms with E-state index in [-0.39, 0.29) is 70.7 Å². The molecule has 2 atom stereocenters. The van der Waals surface area contributed by atoms with Gasteiger partial charge in [0.1, 0.15) is 50.1 Å². The quantitative estimate of drug-likeness (QED) is 0.122. The molecule has 0 bridgehead atoms. The Morgan fingerprint density at radius 3 is 1.23 bits per heavy atom. The smallest absolute Gasteiger partial charge is 0.307 e. The maximum Gasteiger partial charge on any atom is 0.307 e. The van der Waals surface area contributed by atoms with Gasteiger partial charge in [-0.05, 0) is 35.4 Å². The predicted molar refractivity (Wildman–Crippen MR) is 168 cm³/mol. The number of benzene rings is 2. The summed E-state index contributed by atoms with van der Waals surface area (Å²) in [6.45, 7) is 2.99. The third kappa shape index (κ3) is 14.7. The average Bonchev–Trinajstić information content (AvgIpc) is 3.07. The van der Waals surface area contributed by atoms with Crippen LogP contribution in [0.1, 0.15) is 50.7 Å². The Bertz CT molecular complexity index is 1280. The highest BCUT2D eigenvalue weighted by atomic mass is 16.6. The molecule has 0 radical (unpaired) electrons. The summed E-state index contributed by atoms with van der Waals surface area (Å²) in [6, 6.07) is 14.7. The summed E-state index contributed by atoms with van der Waals surface area (Å²) in [5, 5.41) is 20.2. The molecule has 12 heteroatoms. The minimum atomic E-state index is -1.07. The number of aliphatic hydroxyl groups excluding tert-OH is 2. The van der Waals surface area contributed by atoms with Crippen LogP contribution in [0.4, 0.5) is 0 Å². The van der Waals surface area contributed by atoms with Gasteiger partial charge in [-0.3, -0.25) is 19.2 Å². The van der Waals surface area contributed by atoms with E-state index in [0.717, 1.165) is 11.1 Å². The first-order valence-electron chi connectivity index (χ1n) is 14.8. The third-order valence-corrected chi connectivity index (χ3v) is 6.61. The van der Waals surface area contributed by atoms with Gasteiger partial charge in [0.2, 0.25) is 0 Å². The molecular formula is C35H40O12. The van der Waals surface area contributed by atoms with Crippen molar-refractivity contribution >= 4 is 23.9 Å². The monoisotopic (exact) mass is 652 g/mol. The zero-order valence-electron chi connectivity index (χ0n) is 26.5. The topological polar surface area (TPSA) is 164 Å². The van der Waals surface area contributed by atoms with Crippen molar-refractivity contribution in [3.8, 4) is 36.2 Å². The number of carbonyl (C=O) groups is 4. The van der Waals surface area contributed by atoms with Gasteiger partial charge < -0.3 is 38.6 Å². The van der Waals surface area contributed by atoms with Gasteiger partial charge in [0.15, 0.2) is 13.2 Å². The molecule has 2 aromatic rings. The summed E-state index contributed by atoms with van der Waals surface area (Å²) in [5.74, 6) is 2.82. The van der Waals surface area contributed by atoms with Crippen LogP contribution in [-0.4, -0.2) is 85.9 Å². The standard InChI is InChI=1S/C35H40O12/c1-5-19-42-31(38)15-17-33(40)46-23-27(36)21-44-29-11-7-25(8-12-29)35(3,4)26-9-13-30(14-10-26)45-22-28(37)24-47-34(41)18-16-32(39)43-20-6-2/h1-2,7-14,27-28,36-37H,15-24H2,3-4H3. The van der Waals surface area contributed by atoms with Crippen molar-refractivity contribution in [2.75, 3.05) is 39.6 Å². The van der Waals surface area contributed by atoms with Crippen LogP contribution in [-0.2, 0) is 43.5 Å². The van der Waals surface area contributed by atoms with Crippen molar-refractivity contribution in [1.29, 1.82) is 0 Å². The van der Waals surface area contributed by atoms with Crippen molar-refractivity contribution < 1.29 is 57.8 Å². The maximum absolute atomic E-state index is 11.8. The number of rotatable bonds is 20. The molecule has 252 valence electrons. The van der Waals surface area contributed by atoms with Crippen molar-refractivity contribution in [1.82, 2.24) is 0 Å². The molecular weight excluding hydrogens is 612 g/mol. The molecule has 0 saturated carbocycles. The lowest BCUT2D eigenvalue weighted by atomic mass is 9.78. The summed E-state index contributed by atoms with van der Waals surface area (Å²) in [4.78, 5) is 46.3. The zero-order valence-corrected chi connectivity index (χ0v) is 26.5. The number of esters is 4. The van der Waals surface area contributed by atoms with E-state index in [4.69, 9.17) is 31.8 Å². The first-order chi connectivity index (χ1) is 22.4. The SMILES string of the molecule is C#CCOC(=O)CCC(=O)OCC(O)COc1ccc(C(C)(C)c2ccc(OCC(O)COC(=O)CCC(=O)OCC#C)cc2)cc1. The minimum absolute atomic E-state index is 0.108. The second kappa shape index (κ2) is 20.2. The van der Waals surface area contributed by atoms with Crippen LogP contribution in [0.15, 0.2) is 48.5 Å². The molecule has 0 aliphatic heterocycles. The van der Waals surface area contributed by atoms with E-state index in [0.29, 0.717) is 11.5 Å². The molecule has 0 amide bonds.